The Balaban J connectivity index is 1.99. The molecule has 0 aromatic heterocycles. The van der Waals surface area contributed by atoms with Crippen LogP contribution in [0.5, 0.6) is 5.75 Å². The summed E-state index contributed by atoms with van der Waals surface area (Å²) < 4.78 is 77.4. The first-order valence-corrected chi connectivity index (χ1v) is 8.82. The zero-order valence-electron chi connectivity index (χ0n) is 16.0. The lowest BCUT2D eigenvalue weighted by atomic mass is 10.3. The highest BCUT2D eigenvalue weighted by Crippen LogP contribution is 2.24. The molecule has 0 saturated carbocycles. The van der Waals surface area contributed by atoms with Crippen LogP contribution in [0.25, 0.3) is 10.4 Å². The number of hydrogen-bond acceptors (Lipinski definition) is 7. The zero-order valence-corrected chi connectivity index (χ0v) is 16.0. The number of carbonyl (C=O) groups excluding carboxylic acids is 1. The van der Waals surface area contributed by atoms with Crippen molar-refractivity contribution in [3.05, 3.63) is 39.8 Å². The Bertz CT molecular complexity index is 719. The minimum Gasteiger partial charge on any atom is -0.423 e. The Morgan fingerprint density at radius 1 is 0.833 bits per heavy atom. The van der Waals surface area contributed by atoms with E-state index in [0.717, 1.165) is 0 Å². The highest BCUT2D eigenvalue weighted by atomic mass is 19.2. The van der Waals surface area contributed by atoms with Crippen molar-refractivity contribution >= 4 is 5.97 Å². The quantitative estimate of drug-likeness (QED) is 0.0451. The first-order valence-electron chi connectivity index (χ1n) is 8.82. The third-order valence-electron chi connectivity index (χ3n) is 3.26. The molecule has 0 unspecified atom stereocenters. The molecule has 0 spiro atoms. The van der Waals surface area contributed by atoms with E-state index < -0.39 is 35.0 Å². The molecule has 0 radical (unpaired) electrons. The maximum atomic E-state index is 13.4. The molecular weight excluding hydrogens is 418 g/mol. The van der Waals surface area contributed by atoms with Crippen LogP contribution in [0.2, 0.25) is 0 Å². The van der Waals surface area contributed by atoms with Gasteiger partial charge in [0.05, 0.1) is 59.3 Å². The zero-order chi connectivity index (χ0) is 22.2. The summed E-state index contributed by atoms with van der Waals surface area (Å²) in [4.78, 5) is 14.1. The van der Waals surface area contributed by atoms with Crippen LogP contribution < -0.4 is 4.74 Å². The third-order valence-corrected chi connectivity index (χ3v) is 3.26. The molecule has 0 bridgehead atoms. The number of benzene rings is 1. The molecule has 0 aliphatic carbocycles. The molecule has 13 heteroatoms. The van der Waals surface area contributed by atoms with Crippen LogP contribution in [0, 0.1) is 23.3 Å². The summed E-state index contributed by atoms with van der Waals surface area (Å²) in [5, 5.41) is 3.30. The first kappa shape index (κ1) is 25.6. The Morgan fingerprint density at radius 3 is 1.93 bits per heavy atom. The molecule has 1 rings (SSSR count). The van der Waals surface area contributed by atoms with Crippen LogP contribution in [0.4, 0.5) is 17.6 Å². The molecule has 0 atom stereocenters. The average Bonchev–Trinajstić information content (AvgIpc) is 2.73. The molecule has 0 N–H and O–H groups in total. The smallest absolute Gasteiger partial charge is 0.313 e. The second-order valence-electron chi connectivity index (χ2n) is 5.43. The van der Waals surface area contributed by atoms with Crippen molar-refractivity contribution in [3.8, 4) is 5.75 Å². The van der Waals surface area contributed by atoms with Crippen molar-refractivity contribution in [2.45, 2.75) is 6.42 Å². The molecule has 168 valence electrons. The van der Waals surface area contributed by atoms with Crippen LogP contribution in [-0.4, -0.2) is 65.4 Å². The summed E-state index contributed by atoms with van der Waals surface area (Å²) >= 11 is 0. The van der Waals surface area contributed by atoms with E-state index in [1.807, 2.05) is 0 Å². The van der Waals surface area contributed by atoms with Gasteiger partial charge in [0.2, 0.25) is 11.6 Å². The lowest BCUT2D eigenvalue weighted by molar-refractivity contribution is -0.136. The summed E-state index contributed by atoms with van der Waals surface area (Å²) in [6, 6.07) is 0.248. The van der Waals surface area contributed by atoms with Gasteiger partial charge in [-0.25, -0.2) is 13.2 Å². The van der Waals surface area contributed by atoms with Gasteiger partial charge in [-0.3, -0.25) is 4.79 Å². The molecule has 1 aromatic carbocycles. The lowest BCUT2D eigenvalue weighted by Crippen LogP contribution is -2.15. The SMILES string of the molecule is [N-]=[N+]=NCCOCCOCCOCCOCCC(=O)Oc1cc(F)c(F)c(F)c1F. The Labute approximate surface area is 169 Å². The minimum atomic E-state index is -2.06. The fraction of sp³-hybridized carbons (Fsp3) is 0.588. The van der Waals surface area contributed by atoms with Gasteiger partial charge in [0.25, 0.3) is 0 Å². The summed E-state index contributed by atoms with van der Waals surface area (Å²) in [6.45, 7) is 2.24. The second kappa shape index (κ2) is 15.4. The van der Waals surface area contributed by atoms with Crippen LogP contribution in [-0.2, 0) is 23.7 Å². The summed E-state index contributed by atoms with van der Waals surface area (Å²) in [6.07, 6.45) is -0.317. The van der Waals surface area contributed by atoms with E-state index in [2.05, 4.69) is 14.8 Å². The Morgan fingerprint density at radius 2 is 1.37 bits per heavy atom. The maximum Gasteiger partial charge on any atom is 0.313 e. The van der Waals surface area contributed by atoms with E-state index in [1.54, 1.807) is 0 Å². The van der Waals surface area contributed by atoms with Crippen LogP contribution in [0.1, 0.15) is 6.42 Å². The highest BCUT2D eigenvalue weighted by Gasteiger charge is 2.21. The fourth-order valence-corrected chi connectivity index (χ4v) is 1.87. The van der Waals surface area contributed by atoms with Gasteiger partial charge in [-0.1, -0.05) is 5.11 Å². The number of nitrogens with zero attached hydrogens (tertiary/aromatic N) is 3. The molecule has 0 fully saturated rings. The van der Waals surface area contributed by atoms with Gasteiger partial charge in [-0.05, 0) is 5.53 Å². The molecular formula is C17H21F4N3O6. The van der Waals surface area contributed by atoms with E-state index in [0.29, 0.717) is 33.0 Å². The standard InChI is InChI=1S/C17H21F4N3O6/c18-12-11-13(16(20)17(21)15(12)19)30-14(25)1-3-26-5-7-28-9-10-29-8-6-27-4-2-23-24-22/h11H,1-10H2. The average molecular weight is 439 g/mol. The van der Waals surface area contributed by atoms with Gasteiger partial charge in [-0.15, -0.1) is 0 Å². The second-order valence-corrected chi connectivity index (χ2v) is 5.43. The number of ether oxygens (including phenoxy) is 5. The maximum absolute atomic E-state index is 13.4. The van der Waals surface area contributed by atoms with Crippen molar-refractivity contribution < 1.29 is 46.0 Å². The van der Waals surface area contributed by atoms with Crippen molar-refractivity contribution in [1.82, 2.24) is 0 Å². The third kappa shape index (κ3) is 10.4. The Hall–Kier alpha value is -2.44. The predicted molar refractivity (Wildman–Crippen MR) is 93.8 cm³/mol. The van der Waals surface area contributed by atoms with Crippen molar-refractivity contribution in [1.29, 1.82) is 0 Å². The number of hydrogen-bond donors (Lipinski definition) is 0. The van der Waals surface area contributed by atoms with Crippen molar-refractivity contribution in [2.24, 2.45) is 5.11 Å². The number of azide groups is 1. The van der Waals surface area contributed by atoms with E-state index in [-0.39, 0.29) is 38.9 Å². The van der Waals surface area contributed by atoms with E-state index >= 15 is 0 Å². The van der Waals surface area contributed by atoms with E-state index in [9.17, 15) is 22.4 Å². The van der Waals surface area contributed by atoms with Crippen LogP contribution >= 0.6 is 0 Å². The molecule has 1 aromatic rings. The topological polar surface area (TPSA) is 112 Å². The van der Waals surface area contributed by atoms with E-state index in [1.165, 1.54) is 0 Å². The number of carbonyl (C=O) groups is 1. The van der Waals surface area contributed by atoms with Gasteiger partial charge in [0.1, 0.15) is 0 Å². The Kier molecular flexibility index (Phi) is 13.1. The summed E-state index contributed by atoms with van der Waals surface area (Å²) in [5.41, 5.74) is 8.06. The minimum absolute atomic E-state index is 0.0976. The van der Waals surface area contributed by atoms with Gasteiger partial charge in [-0.2, -0.15) is 4.39 Å². The number of rotatable bonds is 16. The van der Waals surface area contributed by atoms with Crippen LogP contribution in [0.3, 0.4) is 0 Å². The van der Waals surface area contributed by atoms with Gasteiger partial charge in [0, 0.05) is 17.5 Å². The normalized spacial score (nSPS) is 10.7. The first-order chi connectivity index (χ1) is 14.5. The van der Waals surface area contributed by atoms with Crippen LogP contribution in [0.15, 0.2) is 11.2 Å². The summed E-state index contributed by atoms with van der Waals surface area (Å²) in [5.74, 6) is -9.56. The largest absolute Gasteiger partial charge is 0.423 e. The summed E-state index contributed by atoms with van der Waals surface area (Å²) in [7, 11) is 0. The van der Waals surface area contributed by atoms with Crippen molar-refractivity contribution in [3.63, 3.8) is 0 Å². The van der Waals surface area contributed by atoms with Gasteiger partial charge >= 0.3 is 5.97 Å². The molecule has 0 heterocycles. The number of halogens is 4. The van der Waals surface area contributed by atoms with Crippen molar-refractivity contribution in [2.75, 3.05) is 59.4 Å². The highest BCUT2D eigenvalue weighted by molar-refractivity contribution is 5.72. The fourth-order valence-electron chi connectivity index (χ4n) is 1.87. The molecule has 30 heavy (non-hydrogen) atoms. The monoisotopic (exact) mass is 439 g/mol. The van der Waals surface area contributed by atoms with E-state index in [4.69, 9.17) is 24.5 Å². The predicted octanol–water partition coefficient (Wildman–Crippen LogP) is 2.92. The molecule has 0 saturated heterocycles. The van der Waals surface area contributed by atoms with Gasteiger partial charge < -0.3 is 23.7 Å². The lowest BCUT2D eigenvalue weighted by Gasteiger charge is -2.08. The molecule has 0 aliphatic rings. The molecule has 9 nitrogen and oxygen atoms in total. The molecule has 0 aliphatic heterocycles. The van der Waals surface area contributed by atoms with Gasteiger partial charge in [0.15, 0.2) is 17.4 Å². The molecule has 0 amide bonds. The number of esters is 1.